The predicted octanol–water partition coefficient (Wildman–Crippen LogP) is 2.81. The smallest absolute Gasteiger partial charge is 0.0214 e. The first-order chi connectivity index (χ1) is 6.20. The van der Waals surface area contributed by atoms with E-state index in [0.717, 1.165) is 18.9 Å². The third kappa shape index (κ3) is 7.87. The van der Waals surface area contributed by atoms with Gasteiger partial charge in [-0.3, -0.25) is 0 Å². The van der Waals surface area contributed by atoms with Crippen molar-refractivity contribution in [1.82, 2.24) is 5.32 Å². The van der Waals surface area contributed by atoms with E-state index < -0.39 is 0 Å². The van der Waals surface area contributed by atoms with Crippen LogP contribution in [0.25, 0.3) is 0 Å². The van der Waals surface area contributed by atoms with E-state index in [2.05, 4.69) is 37.9 Å². The molecule has 0 saturated heterocycles. The predicted molar refractivity (Wildman–Crippen MR) is 59.6 cm³/mol. The Hall–Kier alpha value is -0.480. The van der Waals surface area contributed by atoms with E-state index in [1.54, 1.807) is 0 Å². The van der Waals surface area contributed by atoms with Gasteiger partial charge in [0.1, 0.15) is 0 Å². The molecule has 0 spiro atoms. The zero-order valence-corrected chi connectivity index (χ0v) is 9.48. The van der Waals surface area contributed by atoms with Crippen LogP contribution in [0, 0.1) is 17.8 Å². The van der Waals surface area contributed by atoms with E-state index in [1.165, 1.54) is 12.8 Å². The highest BCUT2D eigenvalue weighted by Crippen LogP contribution is 2.08. The first-order valence-corrected chi connectivity index (χ1v) is 5.33. The number of nitrogens with one attached hydrogen (secondary N) is 1. The number of hydrogen-bond donors (Lipinski definition) is 1. The van der Waals surface area contributed by atoms with Crippen molar-refractivity contribution >= 4 is 0 Å². The second-order valence-electron chi connectivity index (χ2n) is 3.78. The summed E-state index contributed by atoms with van der Waals surface area (Å²) in [6.45, 7) is 9.73. The molecule has 0 fully saturated rings. The molecule has 0 aliphatic rings. The van der Waals surface area contributed by atoms with Gasteiger partial charge in [0.25, 0.3) is 0 Å². The zero-order valence-electron chi connectivity index (χ0n) is 9.48. The molecule has 1 nitrogen and oxygen atoms in total. The van der Waals surface area contributed by atoms with Crippen molar-refractivity contribution in [3.05, 3.63) is 0 Å². The molecule has 0 rings (SSSR count). The summed E-state index contributed by atoms with van der Waals surface area (Å²) in [7, 11) is 0. The monoisotopic (exact) mass is 181 g/mol. The van der Waals surface area contributed by atoms with E-state index in [-0.39, 0.29) is 0 Å². The second kappa shape index (κ2) is 8.13. The normalized spacial score (nSPS) is 14.5. The summed E-state index contributed by atoms with van der Waals surface area (Å²) >= 11 is 0. The van der Waals surface area contributed by atoms with E-state index in [1.807, 2.05) is 6.92 Å². The summed E-state index contributed by atoms with van der Waals surface area (Å²) in [6, 6.07) is 0.633. The summed E-state index contributed by atoms with van der Waals surface area (Å²) in [5, 5.41) is 3.48. The first kappa shape index (κ1) is 12.5. The first-order valence-electron chi connectivity index (χ1n) is 5.33. The fraction of sp³-hybridized carbons (Fsp3) is 0.833. The van der Waals surface area contributed by atoms with Crippen LogP contribution in [0.2, 0.25) is 0 Å². The fourth-order valence-electron chi connectivity index (χ4n) is 1.36. The van der Waals surface area contributed by atoms with Crippen molar-refractivity contribution in [2.45, 2.75) is 53.0 Å². The molecule has 0 saturated carbocycles. The van der Waals surface area contributed by atoms with Gasteiger partial charge in [-0.1, -0.05) is 20.3 Å². The average Bonchev–Trinajstić information content (AvgIpc) is 2.12. The molecule has 0 aromatic carbocycles. The van der Waals surface area contributed by atoms with Crippen LogP contribution in [0.1, 0.15) is 47.0 Å². The molecular formula is C12H23N. The largest absolute Gasteiger partial charge is 0.313 e. The number of rotatable bonds is 6. The van der Waals surface area contributed by atoms with Crippen molar-refractivity contribution in [2.75, 3.05) is 6.54 Å². The van der Waals surface area contributed by atoms with Crippen LogP contribution in [0.4, 0.5) is 0 Å². The van der Waals surface area contributed by atoms with Gasteiger partial charge in [0.2, 0.25) is 0 Å². The van der Waals surface area contributed by atoms with Gasteiger partial charge in [-0.15, -0.1) is 11.8 Å². The highest BCUT2D eigenvalue weighted by Gasteiger charge is 2.05. The lowest BCUT2D eigenvalue weighted by molar-refractivity contribution is 0.416. The highest BCUT2D eigenvalue weighted by atomic mass is 14.9. The van der Waals surface area contributed by atoms with Crippen molar-refractivity contribution in [3.63, 3.8) is 0 Å². The van der Waals surface area contributed by atoms with Crippen LogP contribution >= 0.6 is 0 Å². The van der Waals surface area contributed by atoms with Gasteiger partial charge in [0, 0.05) is 19.0 Å². The maximum Gasteiger partial charge on any atom is 0.0214 e. The van der Waals surface area contributed by atoms with Gasteiger partial charge >= 0.3 is 0 Å². The Morgan fingerprint density at radius 3 is 2.54 bits per heavy atom. The molecule has 1 heteroatoms. The second-order valence-corrected chi connectivity index (χ2v) is 3.78. The van der Waals surface area contributed by atoms with Crippen LogP contribution in [0.5, 0.6) is 0 Å². The Bertz CT molecular complexity index is 164. The topological polar surface area (TPSA) is 12.0 Å². The highest BCUT2D eigenvalue weighted by molar-refractivity contribution is 4.95. The molecule has 0 aliphatic carbocycles. The molecule has 0 heterocycles. The van der Waals surface area contributed by atoms with Crippen molar-refractivity contribution in [2.24, 2.45) is 5.92 Å². The van der Waals surface area contributed by atoms with E-state index in [4.69, 9.17) is 0 Å². The molecule has 0 aromatic rings. The molecule has 2 unspecified atom stereocenters. The maximum atomic E-state index is 3.48. The quantitative estimate of drug-likeness (QED) is 0.491. The van der Waals surface area contributed by atoms with Crippen molar-refractivity contribution in [1.29, 1.82) is 0 Å². The Morgan fingerprint density at radius 2 is 2.00 bits per heavy atom. The van der Waals surface area contributed by atoms with Crippen molar-refractivity contribution in [3.8, 4) is 11.8 Å². The van der Waals surface area contributed by atoms with E-state index in [9.17, 15) is 0 Å². The Balaban J connectivity index is 3.38. The van der Waals surface area contributed by atoms with Gasteiger partial charge in [-0.25, -0.2) is 0 Å². The lowest BCUT2D eigenvalue weighted by Crippen LogP contribution is -2.28. The average molecular weight is 181 g/mol. The lowest BCUT2D eigenvalue weighted by atomic mass is 10.0. The fourth-order valence-corrected chi connectivity index (χ4v) is 1.36. The molecule has 2 atom stereocenters. The molecule has 0 amide bonds. The Kier molecular flexibility index (Phi) is 7.83. The molecule has 13 heavy (non-hydrogen) atoms. The van der Waals surface area contributed by atoms with Crippen LogP contribution in [-0.4, -0.2) is 12.6 Å². The van der Waals surface area contributed by atoms with E-state index >= 15 is 0 Å². The minimum Gasteiger partial charge on any atom is -0.313 e. The Morgan fingerprint density at radius 1 is 1.31 bits per heavy atom. The minimum atomic E-state index is 0.633. The standard InChI is InChI=1S/C12H23N/c1-5-7-8-9-13-12(4)10-11(3)6-2/h11-13H,6,8-10H2,1-4H3. The van der Waals surface area contributed by atoms with Gasteiger partial charge in [0.15, 0.2) is 0 Å². The molecular weight excluding hydrogens is 158 g/mol. The summed E-state index contributed by atoms with van der Waals surface area (Å²) < 4.78 is 0. The third-order valence-electron chi connectivity index (χ3n) is 2.37. The molecule has 0 aliphatic heterocycles. The lowest BCUT2D eigenvalue weighted by Gasteiger charge is -2.16. The summed E-state index contributed by atoms with van der Waals surface area (Å²) in [6.07, 6.45) is 3.53. The summed E-state index contributed by atoms with van der Waals surface area (Å²) in [5.74, 6) is 6.79. The molecule has 0 radical (unpaired) electrons. The van der Waals surface area contributed by atoms with Gasteiger partial charge in [-0.2, -0.15) is 0 Å². The minimum absolute atomic E-state index is 0.633. The van der Waals surface area contributed by atoms with Gasteiger partial charge in [0.05, 0.1) is 0 Å². The SMILES string of the molecule is CC#CCCNC(C)CC(C)CC. The van der Waals surface area contributed by atoms with Crippen LogP contribution in [0.15, 0.2) is 0 Å². The van der Waals surface area contributed by atoms with E-state index in [0.29, 0.717) is 6.04 Å². The number of hydrogen-bond acceptors (Lipinski definition) is 1. The zero-order chi connectivity index (χ0) is 10.1. The van der Waals surface area contributed by atoms with Crippen LogP contribution < -0.4 is 5.32 Å². The molecule has 0 bridgehead atoms. The molecule has 0 aromatic heterocycles. The van der Waals surface area contributed by atoms with Gasteiger partial charge < -0.3 is 5.32 Å². The van der Waals surface area contributed by atoms with Gasteiger partial charge in [-0.05, 0) is 26.2 Å². The Labute approximate surface area is 83.3 Å². The maximum absolute atomic E-state index is 3.48. The summed E-state index contributed by atoms with van der Waals surface area (Å²) in [4.78, 5) is 0. The van der Waals surface area contributed by atoms with Crippen LogP contribution in [-0.2, 0) is 0 Å². The van der Waals surface area contributed by atoms with Crippen LogP contribution in [0.3, 0.4) is 0 Å². The summed E-state index contributed by atoms with van der Waals surface area (Å²) in [5.41, 5.74) is 0. The third-order valence-corrected chi connectivity index (χ3v) is 2.37. The van der Waals surface area contributed by atoms with Crippen molar-refractivity contribution < 1.29 is 0 Å². The molecule has 1 N–H and O–H groups in total. The molecule has 76 valence electrons.